The van der Waals surface area contributed by atoms with Gasteiger partial charge in [-0.2, -0.15) is 0 Å². The molecule has 0 unspecified atom stereocenters. The number of carbonyl (C=O) groups excluding carboxylic acids is 1. The van der Waals surface area contributed by atoms with Crippen LogP contribution in [0.25, 0.3) is 0 Å². The molecule has 160 valence electrons. The predicted molar refractivity (Wildman–Crippen MR) is 116 cm³/mol. The lowest BCUT2D eigenvalue weighted by molar-refractivity contribution is -0.126. The summed E-state index contributed by atoms with van der Waals surface area (Å²) < 4.78 is 13.1. The van der Waals surface area contributed by atoms with Gasteiger partial charge in [-0.25, -0.2) is 14.4 Å². The molecule has 3 heterocycles. The van der Waals surface area contributed by atoms with Gasteiger partial charge in [-0.3, -0.25) is 4.79 Å². The van der Waals surface area contributed by atoms with Crippen molar-refractivity contribution in [2.75, 3.05) is 36.0 Å². The van der Waals surface area contributed by atoms with Crippen molar-refractivity contribution in [3.05, 3.63) is 48.2 Å². The number of carbonyl (C=O) groups is 1. The summed E-state index contributed by atoms with van der Waals surface area (Å²) in [5, 5.41) is 3.09. The van der Waals surface area contributed by atoms with Crippen LogP contribution in [-0.2, 0) is 4.79 Å². The third-order valence-electron chi connectivity index (χ3n) is 6.26. The molecule has 2 aliphatic rings. The van der Waals surface area contributed by atoms with Crippen molar-refractivity contribution in [3.63, 3.8) is 0 Å². The Morgan fingerprint density at radius 3 is 2.47 bits per heavy atom. The Balaban J connectivity index is 1.35. The second-order valence-electron chi connectivity index (χ2n) is 8.32. The van der Waals surface area contributed by atoms with Crippen molar-refractivity contribution in [1.29, 1.82) is 0 Å². The van der Waals surface area contributed by atoms with E-state index in [1.54, 1.807) is 18.5 Å². The van der Waals surface area contributed by atoms with E-state index < -0.39 is 0 Å². The summed E-state index contributed by atoms with van der Waals surface area (Å²) in [6.45, 7) is 5.66. The predicted octanol–water partition coefficient (Wildman–Crippen LogP) is 3.70. The van der Waals surface area contributed by atoms with E-state index in [1.165, 1.54) is 31.4 Å². The number of benzene rings is 1. The standard InChI is InChI=1S/C23H30FN5O/c1-17(18-5-7-20(24)8-6-18)27-23(30)19-9-13-28(14-10-19)21-15-25-16-26-22(21)29-11-3-2-4-12-29/h5-8,15-17,19H,2-4,9-14H2,1H3,(H,27,30)/t17-/m0/s1. The van der Waals surface area contributed by atoms with E-state index in [2.05, 4.69) is 25.1 Å². The Morgan fingerprint density at radius 2 is 1.77 bits per heavy atom. The van der Waals surface area contributed by atoms with Crippen LogP contribution in [0.15, 0.2) is 36.8 Å². The molecule has 0 aliphatic carbocycles. The highest BCUT2D eigenvalue weighted by molar-refractivity contribution is 5.79. The fourth-order valence-electron chi connectivity index (χ4n) is 4.44. The van der Waals surface area contributed by atoms with Gasteiger partial charge >= 0.3 is 0 Å². The largest absolute Gasteiger partial charge is 0.367 e. The fraction of sp³-hybridized carbons (Fsp3) is 0.522. The summed E-state index contributed by atoms with van der Waals surface area (Å²) in [4.78, 5) is 26.3. The van der Waals surface area contributed by atoms with Gasteiger partial charge in [0, 0.05) is 32.1 Å². The van der Waals surface area contributed by atoms with Gasteiger partial charge in [0.1, 0.15) is 12.1 Å². The van der Waals surface area contributed by atoms with Crippen LogP contribution in [0.1, 0.15) is 50.6 Å². The van der Waals surface area contributed by atoms with Crippen LogP contribution >= 0.6 is 0 Å². The van der Waals surface area contributed by atoms with E-state index in [-0.39, 0.29) is 23.7 Å². The topological polar surface area (TPSA) is 61.4 Å². The summed E-state index contributed by atoms with van der Waals surface area (Å²) in [6, 6.07) is 6.17. The van der Waals surface area contributed by atoms with E-state index in [1.807, 2.05) is 13.1 Å². The molecule has 1 atom stereocenters. The van der Waals surface area contributed by atoms with E-state index in [0.717, 1.165) is 56.1 Å². The number of nitrogens with one attached hydrogen (secondary N) is 1. The van der Waals surface area contributed by atoms with Gasteiger partial charge in [0.15, 0.2) is 5.82 Å². The van der Waals surface area contributed by atoms with Crippen LogP contribution in [-0.4, -0.2) is 42.1 Å². The lowest BCUT2D eigenvalue weighted by Crippen LogP contribution is -2.42. The van der Waals surface area contributed by atoms with Crippen LogP contribution in [0.4, 0.5) is 15.9 Å². The van der Waals surface area contributed by atoms with Crippen molar-refractivity contribution in [2.24, 2.45) is 5.92 Å². The monoisotopic (exact) mass is 411 g/mol. The van der Waals surface area contributed by atoms with Crippen LogP contribution in [0.3, 0.4) is 0 Å². The molecule has 1 aromatic heterocycles. The molecule has 4 rings (SSSR count). The molecule has 2 saturated heterocycles. The van der Waals surface area contributed by atoms with Crippen LogP contribution in [0.5, 0.6) is 0 Å². The Morgan fingerprint density at radius 1 is 1.07 bits per heavy atom. The zero-order valence-corrected chi connectivity index (χ0v) is 17.6. The van der Waals surface area contributed by atoms with Crippen molar-refractivity contribution in [2.45, 2.75) is 45.1 Å². The first-order valence-corrected chi connectivity index (χ1v) is 11.0. The summed E-state index contributed by atoms with van der Waals surface area (Å²) in [7, 11) is 0. The van der Waals surface area contributed by atoms with Gasteiger partial charge in [0.2, 0.25) is 5.91 Å². The van der Waals surface area contributed by atoms with Gasteiger partial charge in [-0.1, -0.05) is 12.1 Å². The van der Waals surface area contributed by atoms with Crippen molar-refractivity contribution in [3.8, 4) is 0 Å². The summed E-state index contributed by atoms with van der Waals surface area (Å²) in [5.74, 6) is 0.829. The van der Waals surface area contributed by atoms with Crippen molar-refractivity contribution in [1.82, 2.24) is 15.3 Å². The van der Waals surface area contributed by atoms with Crippen molar-refractivity contribution < 1.29 is 9.18 Å². The number of hydrogen-bond donors (Lipinski definition) is 1. The number of nitrogens with zero attached hydrogens (tertiary/aromatic N) is 4. The lowest BCUT2D eigenvalue weighted by atomic mass is 9.95. The lowest BCUT2D eigenvalue weighted by Gasteiger charge is -2.36. The number of rotatable bonds is 5. The first-order chi connectivity index (χ1) is 14.6. The highest BCUT2D eigenvalue weighted by atomic mass is 19.1. The van der Waals surface area contributed by atoms with E-state index in [9.17, 15) is 9.18 Å². The number of piperidine rings is 2. The number of amides is 1. The number of hydrogen-bond acceptors (Lipinski definition) is 5. The number of anilines is 2. The Hall–Kier alpha value is -2.70. The van der Waals surface area contributed by atoms with E-state index in [0.29, 0.717) is 0 Å². The Kier molecular flexibility index (Phi) is 6.45. The molecular formula is C23H30FN5O. The molecule has 1 N–H and O–H groups in total. The SMILES string of the molecule is C[C@H](NC(=O)C1CCN(c2cncnc2N2CCCCC2)CC1)c1ccc(F)cc1. The molecule has 0 radical (unpaired) electrons. The molecule has 0 spiro atoms. The van der Waals surface area contributed by atoms with Crippen LogP contribution in [0.2, 0.25) is 0 Å². The molecule has 2 aromatic rings. The second kappa shape index (κ2) is 9.41. The summed E-state index contributed by atoms with van der Waals surface area (Å²) in [6.07, 6.45) is 8.84. The highest BCUT2D eigenvalue weighted by Gasteiger charge is 2.28. The Bertz CT molecular complexity index is 845. The zero-order chi connectivity index (χ0) is 20.9. The molecule has 2 aliphatic heterocycles. The third-order valence-corrected chi connectivity index (χ3v) is 6.26. The minimum Gasteiger partial charge on any atom is -0.367 e. The van der Waals surface area contributed by atoms with Gasteiger partial charge in [0.05, 0.1) is 17.9 Å². The average Bonchev–Trinajstić information content (AvgIpc) is 2.80. The number of aromatic nitrogens is 2. The fourth-order valence-corrected chi connectivity index (χ4v) is 4.44. The van der Waals surface area contributed by atoms with Gasteiger partial charge in [-0.05, 0) is 56.7 Å². The van der Waals surface area contributed by atoms with Crippen molar-refractivity contribution >= 4 is 17.4 Å². The molecule has 0 saturated carbocycles. The molecule has 1 amide bonds. The summed E-state index contributed by atoms with van der Waals surface area (Å²) in [5.41, 5.74) is 1.99. The molecular weight excluding hydrogens is 381 g/mol. The first kappa shape index (κ1) is 20.6. The molecule has 0 bridgehead atoms. The third kappa shape index (κ3) is 4.71. The maximum absolute atomic E-state index is 13.1. The molecule has 2 fully saturated rings. The van der Waals surface area contributed by atoms with Crippen LogP contribution < -0.4 is 15.1 Å². The molecule has 1 aromatic carbocycles. The zero-order valence-electron chi connectivity index (χ0n) is 17.6. The smallest absolute Gasteiger partial charge is 0.223 e. The minimum atomic E-state index is -0.265. The minimum absolute atomic E-state index is 0.00721. The molecule has 30 heavy (non-hydrogen) atoms. The normalized spacial score (nSPS) is 18.9. The van der Waals surface area contributed by atoms with Gasteiger partial charge in [-0.15, -0.1) is 0 Å². The van der Waals surface area contributed by atoms with E-state index in [4.69, 9.17) is 0 Å². The summed E-state index contributed by atoms with van der Waals surface area (Å²) >= 11 is 0. The van der Waals surface area contributed by atoms with Gasteiger partial charge < -0.3 is 15.1 Å². The second-order valence-corrected chi connectivity index (χ2v) is 8.32. The maximum atomic E-state index is 13.1. The first-order valence-electron chi connectivity index (χ1n) is 11.0. The van der Waals surface area contributed by atoms with E-state index >= 15 is 0 Å². The van der Waals surface area contributed by atoms with Gasteiger partial charge in [0.25, 0.3) is 0 Å². The van der Waals surface area contributed by atoms with Crippen LogP contribution in [0, 0.1) is 11.7 Å². The Labute approximate surface area is 177 Å². The molecule has 7 heteroatoms. The quantitative estimate of drug-likeness (QED) is 0.813. The maximum Gasteiger partial charge on any atom is 0.223 e. The average molecular weight is 412 g/mol. The number of halogens is 1. The highest BCUT2D eigenvalue weighted by Crippen LogP contribution is 2.31. The molecule has 6 nitrogen and oxygen atoms in total.